The van der Waals surface area contributed by atoms with Crippen molar-refractivity contribution < 1.29 is 5.11 Å². The molecule has 0 saturated heterocycles. The van der Waals surface area contributed by atoms with E-state index in [0.29, 0.717) is 0 Å². The molecule has 0 aliphatic carbocycles. The second-order valence-corrected chi connectivity index (χ2v) is 4.94. The van der Waals surface area contributed by atoms with Gasteiger partial charge in [0.25, 0.3) is 0 Å². The summed E-state index contributed by atoms with van der Waals surface area (Å²) >= 11 is 4.96. The van der Waals surface area contributed by atoms with Gasteiger partial charge in [0.2, 0.25) is 0 Å². The molecule has 1 aromatic heterocycles. The maximum absolute atomic E-state index is 9.52. The number of aliphatic hydroxyl groups excluding tert-OH is 1. The second kappa shape index (κ2) is 4.24. The van der Waals surface area contributed by atoms with E-state index in [0.717, 1.165) is 21.5 Å². The van der Waals surface area contributed by atoms with Gasteiger partial charge in [-0.3, -0.25) is 0 Å². The Kier molecular flexibility index (Phi) is 3.55. The monoisotopic (exact) mass is 234 g/mol. The van der Waals surface area contributed by atoms with Gasteiger partial charge in [0.15, 0.2) is 0 Å². The van der Waals surface area contributed by atoms with Gasteiger partial charge in [-0.15, -0.1) is 11.3 Å². The van der Waals surface area contributed by atoms with Gasteiger partial charge in [0.1, 0.15) is 0 Å². The molecular formula is C8H11BrOS. The first kappa shape index (κ1) is 9.23. The largest absolute Gasteiger partial charge is 0.388 e. The first-order chi connectivity index (χ1) is 5.24. The molecule has 0 radical (unpaired) electrons. The Labute approximate surface area is 79.2 Å². The standard InChI is InChI=1S/C8H11BrOS/c1-2-3-6(10)7-4-5-8(9)11-7/h4-6,10H,2-3H2,1H3/t6-/m1/s1. The van der Waals surface area contributed by atoms with E-state index < -0.39 is 0 Å². The molecule has 0 aromatic carbocycles. The molecule has 1 rings (SSSR count). The van der Waals surface area contributed by atoms with Crippen molar-refractivity contribution in [2.24, 2.45) is 0 Å². The molecule has 0 aliphatic rings. The molecule has 1 aromatic rings. The summed E-state index contributed by atoms with van der Waals surface area (Å²) in [6.07, 6.45) is 1.61. The zero-order chi connectivity index (χ0) is 8.27. The number of hydrogen-bond donors (Lipinski definition) is 1. The SMILES string of the molecule is CCC[C@@H](O)c1ccc(Br)s1. The Morgan fingerprint density at radius 1 is 1.64 bits per heavy atom. The van der Waals surface area contributed by atoms with Gasteiger partial charge in [-0.25, -0.2) is 0 Å². The third-order valence-electron chi connectivity index (χ3n) is 1.48. The topological polar surface area (TPSA) is 20.2 Å². The maximum Gasteiger partial charge on any atom is 0.0882 e. The summed E-state index contributed by atoms with van der Waals surface area (Å²) in [6.45, 7) is 2.08. The Morgan fingerprint density at radius 2 is 2.36 bits per heavy atom. The fourth-order valence-corrected chi connectivity index (χ4v) is 2.37. The first-order valence-corrected chi connectivity index (χ1v) is 5.28. The predicted octanol–water partition coefficient (Wildman–Crippen LogP) is 3.34. The lowest BCUT2D eigenvalue weighted by molar-refractivity contribution is 0.170. The van der Waals surface area contributed by atoms with E-state index in [2.05, 4.69) is 22.9 Å². The summed E-state index contributed by atoms with van der Waals surface area (Å²) in [4.78, 5) is 1.05. The van der Waals surface area contributed by atoms with Crippen LogP contribution in [0.1, 0.15) is 30.7 Å². The molecule has 0 fully saturated rings. The molecule has 0 spiro atoms. The van der Waals surface area contributed by atoms with E-state index in [1.165, 1.54) is 0 Å². The molecular weight excluding hydrogens is 224 g/mol. The Hall–Kier alpha value is 0.140. The lowest BCUT2D eigenvalue weighted by atomic mass is 10.2. The number of aliphatic hydroxyl groups is 1. The second-order valence-electron chi connectivity index (χ2n) is 2.45. The maximum atomic E-state index is 9.52. The van der Waals surface area contributed by atoms with Crippen LogP contribution < -0.4 is 0 Å². The molecule has 62 valence electrons. The molecule has 3 heteroatoms. The molecule has 11 heavy (non-hydrogen) atoms. The van der Waals surface area contributed by atoms with Gasteiger partial charge in [-0.2, -0.15) is 0 Å². The summed E-state index contributed by atoms with van der Waals surface area (Å²) in [7, 11) is 0. The van der Waals surface area contributed by atoms with Crippen molar-refractivity contribution in [2.75, 3.05) is 0 Å². The van der Waals surface area contributed by atoms with Gasteiger partial charge < -0.3 is 5.11 Å². The van der Waals surface area contributed by atoms with Crippen LogP contribution in [0, 0.1) is 0 Å². The minimum absolute atomic E-state index is 0.267. The van der Waals surface area contributed by atoms with Crippen molar-refractivity contribution in [3.63, 3.8) is 0 Å². The smallest absolute Gasteiger partial charge is 0.0882 e. The zero-order valence-electron chi connectivity index (χ0n) is 6.38. The van der Waals surface area contributed by atoms with Crippen molar-refractivity contribution in [3.8, 4) is 0 Å². The van der Waals surface area contributed by atoms with Crippen LogP contribution in [-0.4, -0.2) is 5.11 Å². The van der Waals surface area contributed by atoms with E-state index in [1.807, 2.05) is 12.1 Å². The van der Waals surface area contributed by atoms with E-state index in [1.54, 1.807) is 11.3 Å². The molecule has 0 aliphatic heterocycles. The van der Waals surface area contributed by atoms with E-state index in [4.69, 9.17) is 0 Å². The number of thiophene rings is 1. The van der Waals surface area contributed by atoms with E-state index in [9.17, 15) is 5.11 Å². The lowest BCUT2D eigenvalue weighted by Gasteiger charge is -2.04. The van der Waals surface area contributed by atoms with E-state index in [-0.39, 0.29) is 6.10 Å². The zero-order valence-corrected chi connectivity index (χ0v) is 8.78. The van der Waals surface area contributed by atoms with Crippen molar-refractivity contribution in [1.82, 2.24) is 0 Å². The van der Waals surface area contributed by atoms with Crippen molar-refractivity contribution in [2.45, 2.75) is 25.9 Å². The highest BCUT2D eigenvalue weighted by Crippen LogP contribution is 2.29. The average Bonchev–Trinajstić information content (AvgIpc) is 2.36. The molecule has 0 unspecified atom stereocenters. The molecule has 0 amide bonds. The Balaban J connectivity index is 2.60. The van der Waals surface area contributed by atoms with Gasteiger partial charge in [-0.1, -0.05) is 13.3 Å². The average molecular weight is 235 g/mol. The van der Waals surface area contributed by atoms with Gasteiger partial charge >= 0.3 is 0 Å². The number of halogens is 1. The number of rotatable bonds is 3. The molecule has 0 saturated carbocycles. The predicted molar refractivity (Wildman–Crippen MR) is 51.9 cm³/mol. The van der Waals surface area contributed by atoms with Gasteiger partial charge in [0, 0.05) is 4.88 Å². The Morgan fingerprint density at radius 3 is 2.82 bits per heavy atom. The Bertz CT molecular complexity index is 222. The molecule has 1 N–H and O–H groups in total. The van der Waals surface area contributed by atoms with Gasteiger partial charge in [-0.05, 0) is 34.5 Å². The van der Waals surface area contributed by atoms with Crippen molar-refractivity contribution in [1.29, 1.82) is 0 Å². The van der Waals surface area contributed by atoms with Crippen molar-refractivity contribution in [3.05, 3.63) is 20.8 Å². The first-order valence-electron chi connectivity index (χ1n) is 3.67. The van der Waals surface area contributed by atoms with Crippen LogP contribution in [0.2, 0.25) is 0 Å². The minimum Gasteiger partial charge on any atom is -0.388 e. The fourth-order valence-electron chi connectivity index (χ4n) is 0.923. The molecule has 0 bridgehead atoms. The highest BCUT2D eigenvalue weighted by Gasteiger charge is 2.07. The van der Waals surface area contributed by atoms with Crippen LogP contribution >= 0.6 is 27.3 Å². The third kappa shape index (κ3) is 2.58. The fraction of sp³-hybridized carbons (Fsp3) is 0.500. The van der Waals surface area contributed by atoms with Crippen LogP contribution in [0.4, 0.5) is 0 Å². The summed E-state index contributed by atoms with van der Waals surface area (Å²) in [6, 6.07) is 3.94. The van der Waals surface area contributed by atoms with Crippen LogP contribution in [-0.2, 0) is 0 Å². The van der Waals surface area contributed by atoms with E-state index >= 15 is 0 Å². The van der Waals surface area contributed by atoms with Gasteiger partial charge in [0.05, 0.1) is 9.89 Å². The normalized spacial score (nSPS) is 13.4. The van der Waals surface area contributed by atoms with Crippen LogP contribution in [0.5, 0.6) is 0 Å². The molecule has 1 heterocycles. The number of hydrogen-bond acceptors (Lipinski definition) is 2. The summed E-state index contributed by atoms with van der Waals surface area (Å²) in [5.74, 6) is 0. The van der Waals surface area contributed by atoms with Crippen LogP contribution in [0.3, 0.4) is 0 Å². The molecule has 1 nitrogen and oxygen atoms in total. The lowest BCUT2D eigenvalue weighted by Crippen LogP contribution is -1.91. The molecule has 1 atom stereocenters. The quantitative estimate of drug-likeness (QED) is 0.851. The minimum atomic E-state index is -0.267. The third-order valence-corrected chi connectivity index (χ3v) is 3.21. The highest BCUT2D eigenvalue weighted by atomic mass is 79.9. The highest BCUT2D eigenvalue weighted by molar-refractivity contribution is 9.11. The summed E-state index contributed by atoms with van der Waals surface area (Å²) < 4.78 is 1.09. The van der Waals surface area contributed by atoms with Crippen LogP contribution in [0.25, 0.3) is 0 Å². The van der Waals surface area contributed by atoms with Crippen LogP contribution in [0.15, 0.2) is 15.9 Å². The van der Waals surface area contributed by atoms with Crippen molar-refractivity contribution >= 4 is 27.3 Å². The summed E-state index contributed by atoms with van der Waals surface area (Å²) in [5.41, 5.74) is 0. The summed E-state index contributed by atoms with van der Waals surface area (Å²) in [5, 5.41) is 9.52.